The van der Waals surface area contributed by atoms with E-state index in [-0.39, 0.29) is 17.1 Å². The van der Waals surface area contributed by atoms with Crippen molar-refractivity contribution in [1.29, 1.82) is 0 Å². The van der Waals surface area contributed by atoms with E-state index >= 15 is 0 Å². The third kappa shape index (κ3) is 3.97. The lowest BCUT2D eigenvalue weighted by Gasteiger charge is -2.17. The molecule has 0 unspecified atom stereocenters. The maximum Gasteiger partial charge on any atom is 0.419 e. The fraction of sp³-hybridized carbons (Fsp3) is 0.500. The standard InChI is InChI=1S/C16H22N2O3/c1-16(2,3)10-14(19)17-8-7-11-5-6-12-13(9-11)21-15(20)18(12)4/h5-6,9H,7-8,10H2,1-4H3,(H,17,19). The SMILES string of the molecule is Cn1c(=O)oc2cc(CCNC(=O)CC(C)(C)C)ccc21. The van der Waals surface area contributed by atoms with E-state index in [0.717, 1.165) is 11.1 Å². The lowest BCUT2D eigenvalue weighted by atomic mass is 9.92. The molecule has 114 valence electrons. The zero-order valence-corrected chi connectivity index (χ0v) is 13.0. The first kappa shape index (κ1) is 15.4. The zero-order valence-electron chi connectivity index (χ0n) is 13.0. The maximum atomic E-state index is 11.7. The van der Waals surface area contributed by atoms with Gasteiger partial charge in [0.25, 0.3) is 0 Å². The Bertz CT molecular complexity index is 704. The van der Waals surface area contributed by atoms with Crippen molar-refractivity contribution >= 4 is 17.0 Å². The highest BCUT2D eigenvalue weighted by atomic mass is 16.4. The van der Waals surface area contributed by atoms with Crippen molar-refractivity contribution in [3.8, 4) is 0 Å². The van der Waals surface area contributed by atoms with E-state index in [1.165, 1.54) is 4.57 Å². The molecule has 1 N–H and O–H groups in total. The molecule has 2 aromatic rings. The second kappa shape index (κ2) is 5.76. The van der Waals surface area contributed by atoms with Crippen LogP contribution in [0.15, 0.2) is 27.4 Å². The first-order valence-corrected chi connectivity index (χ1v) is 7.11. The van der Waals surface area contributed by atoms with Crippen LogP contribution >= 0.6 is 0 Å². The van der Waals surface area contributed by atoms with Crippen LogP contribution in [0.5, 0.6) is 0 Å². The highest BCUT2D eigenvalue weighted by Gasteiger charge is 2.15. The number of hydrogen-bond acceptors (Lipinski definition) is 3. The molecule has 5 heteroatoms. The predicted molar refractivity (Wildman–Crippen MR) is 82.2 cm³/mol. The van der Waals surface area contributed by atoms with Gasteiger partial charge in [0.1, 0.15) is 0 Å². The van der Waals surface area contributed by atoms with E-state index in [0.29, 0.717) is 25.0 Å². The molecule has 0 radical (unpaired) electrons. The van der Waals surface area contributed by atoms with Crippen LogP contribution in [0.3, 0.4) is 0 Å². The maximum absolute atomic E-state index is 11.7. The van der Waals surface area contributed by atoms with E-state index in [4.69, 9.17) is 4.42 Å². The molecule has 1 aromatic heterocycles. The lowest BCUT2D eigenvalue weighted by molar-refractivity contribution is -0.122. The van der Waals surface area contributed by atoms with Crippen LogP contribution in [0.25, 0.3) is 11.1 Å². The molecule has 0 atom stereocenters. The van der Waals surface area contributed by atoms with E-state index in [9.17, 15) is 9.59 Å². The van der Waals surface area contributed by atoms with Gasteiger partial charge in [-0.2, -0.15) is 0 Å². The van der Waals surface area contributed by atoms with Gasteiger partial charge < -0.3 is 9.73 Å². The zero-order chi connectivity index (χ0) is 15.6. The van der Waals surface area contributed by atoms with E-state index in [1.54, 1.807) is 7.05 Å². The number of benzene rings is 1. The van der Waals surface area contributed by atoms with Crippen molar-refractivity contribution in [2.45, 2.75) is 33.6 Å². The average Bonchev–Trinajstić information content (AvgIpc) is 2.62. The number of nitrogens with zero attached hydrogens (tertiary/aromatic N) is 1. The van der Waals surface area contributed by atoms with Crippen molar-refractivity contribution in [1.82, 2.24) is 9.88 Å². The van der Waals surface area contributed by atoms with Crippen LogP contribution in [-0.2, 0) is 18.3 Å². The molecule has 1 heterocycles. The Balaban J connectivity index is 1.95. The summed E-state index contributed by atoms with van der Waals surface area (Å²) < 4.78 is 6.63. The van der Waals surface area contributed by atoms with Gasteiger partial charge >= 0.3 is 5.76 Å². The first-order chi connectivity index (χ1) is 9.76. The number of aryl methyl sites for hydroxylation is 1. The molecule has 21 heavy (non-hydrogen) atoms. The Labute approximate surface area is 123 Å². The topological polar surface area (TPSA) is 64.2 Å². The van der Waals surface area contributed by atoms with Crippen LogP contribution in [0.4, 0.5) is 0 Å². The summed E-state index contributed by atoms with van der Waals surface area (Å²) >= 11 is 0. The predicted octanol–water partition coefficient (Wildman–Crippen LogP) is 2.23. The number of carbonyl (C=O) groups excluding carboxylic acids is 1. The minimum atomic E-state index is -0.361. The van der Waals surface area contributed by atoms with Crippen molar-refractivity contribution < 1.29 is 9.21 Å². The highest BCUT2D eigenvalue weighted by molar-refractivity contribution is 5.76. The number of fused-ring (bicyclic) bond motifs is 1. The minimum Gasteiger partial charge on any atom is -0.408 e. The molecule has 2 rings (SSSR count). The van der Waals surface area contributed by atoms with Crippen molar-refractivity contribution in [3.05, 3.63) is 34.3 Å². The molecule has 0 aliphatic rings. The van der Waals surface area contributed by atoms with Crippen LogP contribution in [0, 0.1) is 5.41 Å². The number of aromatic nitrogens is 1. The fourth-order valence-corrected chi connectivity index (χ4v) is 2.22. The number of carbonyl (C=O) groups is 1. The summed E-state index contributed by atoms with van der Waals surface area (Å²) in [4.78, 5) is 23.2. The monoisotopic (exact) mass is 290 g/mol. The van der Waals surface area contributed by atoms with Gasteiger partial charge in [0, 0.05) is 20.0 Å². The molecular formula is C16H22N2O3. The molecule has 0 saturated carbocycles. The summed E-state index contributed by atoms with van der Waals surface area (Å²) in [5.74, 6) is -0.296. The fourth-order valence-electron chi connectivity index (χ4n) is 2.22. The first-order valence-electron chi connectivity index (χ1n) is 7.11. The van der Waals surface area contributed by atoms with Crippen LogP contribution in [0.1, 0.15) is 32.8 Å². The molecule has 5 nitrogen and oxygen atoms in total. The Morgan fingerprint density at radius 3 is 2.71 bits per heavy atom. The van der Waals surface area contributed by atoms with E-state index < -0.39 is 0 Å². The second-order valence-corrected chi connectivity index (χ2v) is 6.57. The van der Waals surface area contributed by atoms with Crippen molar-refractivity contribution in [2.75, 3.05) is 6.54 Å². The number of rotatable bonds is 4. The number of amides is 1. The molecule has 0 aliphatic heterocycles. The largest absolute Gasteiger partial charge is 0.419 e. The van der Waals surface area contributed by atoms with Crippen LogP contribution in [-0.4, -0.2) is 17.0 Å². The summed E-state index contributed by atoms with van der Waals surface area (Å²) in [6.07, 6.45) is 1.23. The quantitative estimate of drug-likeness (QED) is 0.939. The van der Waals surface area contributed by atoms with E-state index in [2.05, 4.69) is 5.32 Å². The Kier molecular flexibility index (Phi) is 4.21. The molecule has 0 fully saturated rings. The molecule has 1 amide bonds. The minimum absolute atomic E-state index is 0.00353. The van der Waals surface area contributed by atoms with Crippen LogP contribution < -0.4 is 11.1 Å². The van der Waals surface area contributed by atoms with Crippen molar-refractivity contribution in [2.24, 2.45) is 12.5 Å². The number of hydrogen-bond donors (Lipinski definition) is 1. The van der Waals surface area contributed by atoms with Gasteiger partial charge in [-0.25, -0.2) is 4.79 Å². The average molecular weight is 290 g/mol. The molecule has 0 aliphatic carbocycles. The Morgan fingerprint density at radius 2 is 2.05 bits per heavy atom. The van der Waals surface area contributed by atoms with Gasteiger partial charge in [0.15, 0.2) is 5.58 Å². The van der Waals surface area contributed by atoms with Gasteiger partial charge in [-0.1, -0.05) is 26.8 Å². The third-order valence-corrected chi connectivity index (χ3v) is 3.28. The van der Waals surface area contributed by atoms with Gasteiger partial charge in [-0.05, 0) is 29.5 Å². The van der Waals surface area contributed by atoms with E-state index in [1.807, 2.05) is 39.0 Å². The Hall–Kier alpha value is -2.04. The summed E-state index contributed by atoms with van der Waals surface area (Å²) in [5, 5.41) is 2.92. The van der Waals surface area contributed by atoms with Gasteiger partial charge in [-0.3, -0.25) is 9.36 Å². The summed E-state index contributed by atoms with van der Waals surface area (Å²) in [6, 6.07) is 5.67. The Morgan fingerprint density at radius 1 is 1.33 bits per heavy atom. The number of oxazole rings is 1. The van der Waals surface area contributed by atoms with Gasteiger partial charge in [0.2, 0.25) is 5.91 Å². The lowest BCUT2D eigenvalue weighted by Crippen LogP contribution is -2.29. The summed E-state index contributed by atoms with van der Waals surface area (Å²) in [7, 11) is 1.68. The third-order valence-electron chi connectivity index (χ3n) is 3.28. The van der Waals surface area contributed by atoms with Crippen LogP contribution in [0.2, 0.25) is 0 Å². The smallest absolute Gasteiger partial charge is 0.408 e. The number of nitrogens with one attached hydrogen (secondary N) is 1. The summed E-state index contributed by atoms with van der Waals surface area (Å²) in [6.45, 7) is 6.70. The molecule has 0 bridgehead atoms. The molecular weight excluding hydrogens is 268 g/mol. The van der Waals surface area contributed by atoms with Gasteiger partial charge in [0.05, 0.1) is 5.52 Å². The molecule has 0 spiro atoms. The molecule has 1 aromatic carbocycles. The summed E-state index contributed by atoms with van der Waals surface area (Å²) in [5.41, 5.74) is 2.39. The van der Waals surface area contributed by atoms with Gasteiger partial charge in [-0.15, -0.1) is 0 Å². The molecule has 0 saturated heterocycles. The normalized spacial score (nSPS) is 11.8. The second-order valence-electron chi connectivity index (χ2n) is 6.57. The van der Waals surface area contributed by atoms with Crippen molar-refractivity contribution in [3.63, 3.8) is 0 Å². The highest BCUT2D eigenvalue weighted by Crippen LogP contribution is 2.18.